The van der Waals surface area contributed by atoms with Crippen LogP contribution in [0.2, 0.25) is 0 Å². The minimum Gasteiger partial charge on any atom is -0.342 e. The third kappa shape index (κ3) is 3.27. The van der Waals surface area contributed by atoms with Crippen LogP contribution in [0.4, 0.5) is 0 Å². The van der Waals surface area contributed by atoms with Crippen molar-refractivity contribution >= 4 is 5.91 Å². The van der Waals surface area contributed by atoms with E-state index in [9.17, 15) is 4.79 Å². The van der Waals surface area contributed by atoms with Crippen LogP contribution in [-0.2, 0) is 11.2 Å². The summed E-state index contributed by atoms with van der Waals surface area (Å²) < 4.78 is 0. The third-order valence-corrected chi connectivity index (χ3v) is 3.19. The van der Waals surface area contributed by atoms with E-state index < -0.39 is 0 Å². The molecule has 1 atom stereocenters. The summed E-state index contributed by atoms with van der Waals surface area (Å²) in [4.78, 5) is 18.2. The first-order chi connectivity index (χ1) is 8.29. The van der Waals surface area contributed by atoms with Crippen molar-refractivity contribution in [1.29, 1.82) is 0 Å². The number of rotatable bonds is 4. The van der Waals surface area contributed by atoms with Gasteiger partial charge in [-0.1, -0.05) is 6.07 Å². The summed E-state index contributed by atoms with van der Waals surface area (Å²) in [6.45, 7) is 2.76. The zero-order valence-electron chi connectivity index (χ0n) is 10.2. The van der Waals surface area contributed by atoms with Gasteiger partial charge in [0.25, 0.3) is 0 Å². The second-order valence-electron chi connectivity index (χ2n) is 4.55. The molecule has 4 heteroatoms. The lowest BCUT2D eigenvalue weighted by molar-refractivity contribution is -0.129. The molecule has 1 saturated heterocycles. The maximum absolute atomic E-state index is 12.0. The molecule has 0 radical (unpaired) electrons. The lowest BCUT2D eigenvalue weighted by Crippen LogP contribution is -2.31. The Labute approximate surface area is 102 Å². The van der Waals surface area contributed by atoms with Crippen LogP contribution in [0.25, 0.3) is 0 Å². The van der Waals surface area contributed by atoms with Crippen molar-refractivity contribution in [3.05, 3.63) is 30.1 Å². The van der Waals surface area contributed by atoms with Gasteiger partial charge >= 0.3 is 0 Å². The molecule has 1 amide bonds. The van der Waals surface area contributed by atoms with Crippen molar-refractivity contribution in [1.82, 2.24) is 15.2 Å². The van der Waals surface area contributed by atoms with E-state index in [-0.39, 0.29) is 5.91 Å². The molecule has 1 fully saturated rings. The fourth-order valence-corrected chi connectivity index (χ4v) is 2.28. The minimum atomic E-state index is 0.197. The van der Waals surface area contributed by atoms with Crippen LogP contribution in [-0.4, -0.2) is 42.5 Å². The maximum Gasteiger partial charge on any atom is 0.228 e. The minimum absolute atomic E-state index is 0.197. The van der Waals surface area contributed by atoms with Gasteiger partial charge in [0.15, 0.2) is 0 Å². The molecule has 17 heavy (non-hydrogen) atoms. The van der Waals surface area contributed by atoms with Crippen LogP contribution < -0.4 is 5.32 Å². The van der Waals surface area contributed by atoms with Gasteiger partial charge in [-0.25, -0.2) is 0 Å². The quantitative estimate of drug-likeness (QED) is 0.832. The Morgan fingerprint density at radius 2 is 2.47 bits per heavy atom. The first kappa shape index (κ1) is 12.0. The monoisotopic (exact) mass is 233 g/mol. The number of aromatic nitrogens is 1. The first-order valence-corrected chi connectivity index (χ1v) is 6.12. The van der Waals surface area contributed by atoms with E-state index in [1.54, 1.807) is 6.20 Å². The maximum atomic E-state index is 12.0. The van der Waals surface area contributed by atoms with Crippen molar-refractivity contribution in [2.75, 3.05) is 26.7 Å². The van der Waals surface area contributed by atoms with Gasteiger partial charge in [0.1, 0.15) is 0 Å². The van der Waals surface area contributed by atoms with Gasteiger partial charge in [0.05, 0.1) is 6.42 Å². The molecular weight excluding hydrogens is 214 g/mol. The lowest BCUT2D eigenvalue weighted by atomic mass is 10.1. The Morgan fingerprint density at radius 3 is 3.18 bits per heavy atom. The Bertz CT molecular complexity index is 366. The fraction of sp³-hybridized carbons (Fsp3) is 0.538. The molecule has 0 spiro atoms. The zero-order valence-corrected chi connectivity index (χ0v) is 10.2. The van der Waals surface area contributed by atoms with E-state index in [1.807, 2.05) is 30.1 Å². The van der Waals surface area contributed by atoms with E-state index in [2.05, 4.69) is 10.3 Å². The molecule has 1 aromatic heterocycles. The van der Waals surface area contributed by atoms with Crippen LogP contribution in [0, 0.1) is 5.92 Å². The van der Waals surface area contributed by atoms with Crippen molar-refractivity contribution in [3.63, 3.8) is 0 Å². The SMILES string of the molecule is CNCC1CCN(C(=O)Cc2ccccn2)C1. The highest BCUT2D eigenvalue weighted by Gasteiger charge is 2.25. The predicted octanol–water partition coefficient (Wildman–Crippen LogP) is 0.692. The van der Waals surface area contributed by atoms with Gasteiger partial charge in [-0.2, -0.15) is 0 Å². The molecule has 0 saturated carbocycles. The Morgan fingerprint density at radius 1 is 1.59 bits per heavy atom. The average molecular weight is 233 g/mol. The topological polar surface area (TPSA) is 45.2 Å². The molecule has 1 aliphatic rings. The van der Waals surface area contributed by atoms with Gasteiger partial charge in [0, 0.05) is 25.0 Å². The molecular formula is C13H19N3O. The van der Waals surface area contributed by atoms with Crippen LogP contribution in [0.5, 0.6) is 0 Å². The van der Waals surface area contributed by atoms with E-state index in [0.717, 1.165) is 31.7 Å². The van der Waals surface area contributed by atoms with Crippen LogP contribution in [0.3, 0.4) is 0 Å². The summed E-state index contributed by atoms with van der Waals surface area (Å²) >= 11 is 0. The molecule has 2 heterocycles. The number of amides is 1. The number of hydrogen-bond acceptors (Lipinski definition) is 3. The summed E-state index contributed by atoms with van der Waals surface area (Å²) in [7, 11) is 1.96. The highest BCUT2D eigenvalue weighted by atomic mass is 16.2. The fourth-order valence-electron chi connectivity index (χ4n) is 2.28. The van der Waals surface area contributed by atoms with Crippen LogP contribution in [0.15, 0.2) is 24.4 Å². The first-order valence-electron chi connectivity index (χ1n) is 6.12. The van der Waals surface area contributed by atoms with Gasteiger partial charge < -0.3 is 10.2 Å². The lowest BCUT2D eigenvalue weighted by Gasteiger charge is -2.16. The number of pyridine rings is 1. The molecule has 0 aliphatic carbocycles. The molecule has 0 aromatic carbocycles. The second kappa shape index (κ2) is 5.77. The molecule has 1 aliphatic heterocycles. The zero-order chi connectivity index (χ0) is 12.1. The van der Waals surface area contributed by atoms with E-state index >= 15 is 0 Å². The van der Waals surface area contributed by atoms with E-state index in [0.29, 0.717) is 12.3 Å². The number of carbonyl (C=O) groups excluding carboxylic acids is 1. The van der Waals surface area contributed by atoms with Gasteiger partial charge in [-0.15, -0.1) is 0 Å². The number of nitrogens with one attached hydrogen (secondary N) is 1. The van der Waals surface area contributed by atoms with Crippen LogP contribution in [0.1, 0.15) is 12.1 Å². The molecule has 92 valence electrons. The summed E-state index contributed by atoms with van der Waals surface area (Å²) in [6.07, 6.45) is 3.26. The number of nitrogens with zero attached hydrogens (tertiary/aromatic N) is 2. The number of hydrogen-bond donors (Lipinski definition) is 1. The third-order valence-electron chi connectivity index (χ3n) is 3.19. The smallest absolute Gasteiger partial charge is 0.228 e. The number of likely N-dealkylation sites (tertiary alicyclic amines) is 1. The summed E-state index contributed by atoms with van der Waals surface area (Å²) in [5.74, 6) is 0.801. The van der Waals surface area contributed by atoms with Gasteiger partial charge in [-0.05, 0) is 38.1 Å². The standard InChI is InChI=1S/C13H19N3O/c1-14-9-11-5-7-16(10-11)13(17)8-12-4-2-3-6-15-12/h2-4,6,11,14H,5,7-10H2,1H3. The van der Waals surface area contributed by atoms with Crippen molar-refractivity contribution in [2.24, 2.45) is 5.92 Å². The normalized spacial score (nSPS) is 19.6. The van der Waals surface area contributed by atoms with Crippen molar-refractivity contribution < 1.29 is 4.79 Å². The van der Waals surface area contributed by atoms with E-state index in [4.69, 9.17) is 0 Å². The van der Waals surface area contributed by atoms with Gasteiger partial charge in [0.2, 0.25) is 5.91 Å². The average Bonchev–Trinajstić information content (AvgIpc) is 2.79. The molecule has 1 N–H and O–H groups in total. The van der Waals surface area contributed by atoms with E-state index in [1.165, 1.54) is 0 Å². The Hall–Kier alpha value is -1.42. The molecule has 2 rings (SSSR count). The summed E-state index contributed by atoms with van der Waals surface area (Å²) in [6, 6.07) is 5.69. The highest BCUT2D eigenvalue weighted by Crippen LogP contribution is 2.16. The molecule has 1 aromatic rings. The predicted molar refractivity (Wildman–Crippen MR) is 66.6 cm³/mol. The van der Waals surface area contributed by atoms with Crippen molar-refractivity contribution in [2.45, 2.75) is 12.8 Å². The Balaban J connectivity index is 1.85. The molecule has 4 nitrogen and oxygen atoms in total. The molecule has 1 unspecified atom stereocenters. The number of carbonyl (C=O) groups is 1. The second-order valence-corrected chi connectivity index (χ2v) is 4.55. The summed E-state index contributed by atoms with van der Waals surface area (Å²) in [5.41, 5.74) is 0.856. The summed E-state index contributed by atoms with van der Waals surface area (Å²) in [5, 5.41) is 3.17. The highest BCUT2D eigenvalue weighted by molar-refractivity contribution is 5.78. The Kier molecular flexibility index (Phi) is 4.09. The largest absolute Gasteiger partial charge is 0.342 e. The van der Waals surface area contributed by atoms with Crippen molar-refractivity contribution in [3.8, 4) is 0 Å². The van der Waals surface area contributed by atoms with Gasteiger partial charge in [-0.3, -0.25) is 9.78 Å². The molecule has 0 bridgehead atoms. The van der Waals surface area contributed by atoms with Crippen LogP contribution >= 0.6 is 0 Å².